The van der Waals surface area contributed by atoms with Crippen LogP contribution in [0.15, 0.2) is 18.2 Å². The maximum absolute atomic E-state index is 12.0. The molecule has 0 saturated heterocycles. The number of carbonyl (C=O) groups excluding carboxylic acids is 2. The Morgan fingerprint density at radius 2 is 1.96 bits per heavy atom. The van der Waals surface area contributed by atoms with E-state index in [9.17, 15) is 19.7 Å². The minimum absolute atomic E-state index is 0.0219. The molecule has 0 bridgehead atoms. The number of halogens is 1. The van der Waals surface area contributed by atoms with Crippen molar-refractivity contribution in [3.05, 3.63) is 38.9 Å². The van der Waals surface area contributed by atoms with Gasteiger partial charge in [0, 0.05) is 18.2 Å². The third kappa shape index (κ3) is 7.51. The van der Waals surface area contributed by atoms with Gasteiger partial charge in [0.15, 0.2) is 6.61 Å². The molecule has 1 aromatic carbocycles. The van der Waals surface area contributed by atoms with Crippen LogP contribution in [0.1, 0.15) is 50.4 Å². The number of nitro benzene ring substituents is 1. The number of benzene rings is 1. The van der Waals surface area contributed by atoms with E-state index in [1.54, 1.807) is 0 Å². The van der Waals surface area contributed by atoms with Gasteiger partial charge in [0.25, 0.3) is 11.6 Å². The molecule has 7 nitrogen and oxygen atoms in total. The van der Waals surface area contributed by atoms with Gasteiger partial charge in [-0.05, 0) is 25.3 Å². The Balaban J connectivity index is 2.49. The van der Waals surface area contributed by atoms with Crippen LogP contribution in [0.3, 0.4) is 0 Å². The van der Waals surface area contributed by atoms with E-state index in [1.165, 1.54) is 12.1 Å². The zero-order valence-corrected chi connectivity index (χ0v) is 15.3. The molecule has 8 heteroatoms. The Bertz CT molecular complexity index is 633. The van der Waals surface area contributed by atoms with Gasteiger partial charge in [-0.3, -0.25) is 14.9 Å². The molecule has 0 radical (unpaired) electrons. The first-order valence-corrected chi connectivity index (χ1v) is 8.49. The standard InChI is InChI=1S/C17H23ClN2O5/c1-11(2)5-4-6-12(3)19-16(21)10-25-17(22)14-9-13(20(23)24)7-8-15(14)18/h7-9,11-12H,4-6,10H2,1-3H3,(H,19,21)/t12-/m1/s1. The number of ether oxygens (including phenoxy) is 1. The molecule has 25 heavy (non-hydrogen) atoms. The van der Waals surface area contributed by atoms with Crippen molar-refractivity contribution in [2.24, 2.45) is 5.92 Å². The van der Waals surface area contributed by atoms with Gasteiger partial charge in [-0.25, -0.2) is 4.79 Å². The van der Waals surface area contributed by atoms with Gasteiger partial charge in [0.1, 0.15) is 0 Å². The van der Waals surface area contributed by atoms with Crippen molar-refractivity contribution in [2.75, 3.05) is 6.61 Å². The quantitative estimate of drug-likeness (QED) is 0.405. The zero-order valence-electron chi connectivity index (χ0n) is 14.6. The number of amides is 1. The zero-order chi connectivity index (χ0) is 19.0. The normalized spacial score (nSPS) is 11.9. The lowest BCUT2D eigenvalue weighted by molar-refractivity contribution is -0.384. The summed E-state index contributed by atoms with van der Waals surface area (Å²) in [6.07, 6.45) is 2.93. The van der Waals surface area contributed by atoms with E-state index in [0.717, 1.165) is 25.3 Å². The molecule has 0 aliphatic rings. The first kappa shape index (κ1) is 20.9. The molecule has 138 valence electrons. The van der Waals surface area contributed by atoms with Crippen molar-refractivity contribution < 1.29 is 19.2 Å². The van der Waals surface area contributed by atoms with E-state index in [-0.39, 0.29) is 22.3 Å². The molecule has 0 aliphatic heterocycles. The van der Waals surface area contributed by atoms with Crippen LogP contribution in [-0.4, -0.2) is 29.4 Å². The van der Waals surface area contributed by atoms with Crippen molar-refractivity contribution in [3.8, 4) is 0 Å². The molecule has 1 N–H and O–H groups in total. The van der Waals surface area contributed by atoms with Crippen molar-refractivity contribution in [1.29, 1.82) is 0 Å². The van der Waals surface area contributed by atoms with Crippen LogP contribution in [0.4, 0.5) is 5.69 Å². The second-order valence-electron chi connectivity index (χ2n) is 6.29. The lowest BCUT2D eigenvalue weighted by Crippen LogP contribution is -2.35. The van der Waals surface area contributed by atoms with Gasteiger partial charge in [-0.2, -0.15) is 0 Å². The summed E-state index contributed by atoms with van der Waals surface area (Å²) >= 11 is 5.85. The van der Waals surface area contributed by atoms with Crippen molar-refractivity contribution >= 4 is 29.2 Å². The molecule has 0 aliphatic carbocycles. The number of rotatable bonds is 9. The minimum Gasteiger partial charge on any atom is -0.452 e. The summed E-state index contributed by atoms with van der Waals surface area (Å²) in [4.78, 5) is 33.9. The van der Waals surface area contributed by atoms with E-state index in [4.69, 9.17) is 16.3 Å². The van der Waals surface area contributed by atoms with Gasteiger partial charge in [-0.15, -0.1) is 0 Å². The Labute approximate surface area is 151 Å². The number of nitro groups is 1. The van der Waals surface area contributed by atoms with E-state index in [1.807, 2.05) is 6.92 Å². The highest BCUT2D eigenvalue weighted by Crippen LogP contribution is 2.22. The number of nitrogens with zero attached hydrogens (tertiary/aromatic N) is 1. The largest absolute Gasteiger partial charge is 0.452 e. The fourth-order valence-electron chi connectivity index (χ4n) is 2.21. The maximum Gasteiger partial charge on any atom is 0.340 e. The van der Waals surface area contributed by atoms with Crippen LogP contribution in [0.5, 0.6) is 0 Å². The highest BCUT2D eigenvalue weighted by atomic mass is 35.5. The lowest BCUT2D eigenvalue weighted by atomic mass is 10.0. The van der Waals surface area contributed by atoms with Crippen LogP contribution < -0.4 is 5.32 Å². The predicted molar refractivity (Wildman–Crippen MR) is 94.7 cm³/mol. The molecule has 0 saturated carbocycles. The van der Waals surface area contributed by atoms with Crippen molar-refractivity contribution in [2.45, 2.75) is 46.1 Å². The van der Waals surface area contributed by atoms with E-state index in [0.29, 0.717) is 5.92 Å². The molecular formula is C17H23ClN2O5. The average Bonchev–Trinajstić information content (AvgIpc) is 2.52. The molecule has 0 unspecified atom stereocenters. The molecule has 0 fully saturated rings. The topological polar surface area (TPSA) is 98.5 Å². The number of non-ortho nitro benzene ring substituents is 1. The number of carbonyl (C=O) groups is 2. The van der Waals surface area contributed by atoms with Gasteiger partial charge in [0.05, 0.1) is 15.5 Å². The summed E-state index contributed by atoms with van der Waals surface area (Å²) in [5, 5.41) is 13.5. The summed E-state index contributed by atoms with van der Waals surface area (Å²) in [5.74, 6) is -0.688. The van der Waals surface area contributed by atoms with Gasteiger partial charge >= 0.3 is 5.97 Å². The van der Waals surface area contributed by atoms with Crippen LogP contribution in [-0.2, 0) is 9.53 Å². The summed E-state index contributed by atoms with van der Waals surface area (Å²) in [5.41, 5.74) is -0.423. The third-order valence-electron chi connectivity index (χ3n) is 3.54. The second-order valence-corrected chi connectivity index (χ2v) is 6.70. The Kier molecular flexibility index (Phi) is 8.34. The number of esters is 1. The summed E-state index contributed by atoms with van der Waals surface area (Å²) in [7, 11) is 0. The van der Waals surface area contributed by atoms with Crippen LogP contribution in [0, 0.1) is 16.0 Å². The van der Waals surface area contributed by atoms with E-state index >= 15 is 0 Å². The summed E-state index contributed by atoms with van der Waals surface area (Å²) < 4.78 is 4.89. The van der Waals surface area contributed by atoms with Gasteiger partial charge in [0.2, 0.25) is 0 Å². The predicted octanol–water partition coefficient (Wildman–Crippen LogP) is 3.74. The van der Waals surface area contributed by atoms with Crippen LogP contribution >= 0.6 is 11.6 Å². The molecule has 1 rings (SSSR count). The fourth-order valence-corrected chi connectivity index (χ4v) is 2.41. The molecule has 1 aromatic rings. The van der Waals surface area contributed by atoms with Crippen LogP contribution in [0.25, 0.3) is 0 Å². The summed E-state index contributed by atoms with van der Waals surface area (Å²) in [6.45, 7) is 5.70. The fraction of sp³-hybridized carbons (Fsp3) is 0.529. The van der Waals surface area contributed by atoms with Crippen LogP contribution in [0.2, 0.25) is 5.02 Å². The van der Waals surface area contributed by atoms with E-state index in [2.05, 4.69) is 19.2 Å². The average molecular weight is 371 g/mol. The first-order valence-electron chi connectivity index (χ1n) is 8.11. The SMILES string of the molecule is CC(C)CCC[C@@H](C)NC(=O)COC(=O)c1cc([N+](=O)[O-])ccc1Cl. The Morgan fingerprint density at radius 1 is 1.28 bits per heavy atom. The Hall–Kier alpha value is -2.15. The van der Waals surface area contributed by atoms with Gasteiger partial charge < -0.3 is 10.1 Å². The number of hydrogen-bond acceptors (Lipinski definition) is 5. The molecule has 0 aromatic heterocycles. The molecule has 1 amide bonds. The van der Waals surface area contributed by atoms with Crippen molar-refractivity contribution in [1.82, 2.24) is 5.32 Å². The third-order valence-corrected chi connectivity index (χ3v) is 3.87. The molecule has 1 atom stereocenters. The second kappa shape index (κ2) is 9.98. The minimum atomic E-state index is -0.878. The molecule has 0 heterocycles. The highest BCUT2D eigenvalue weighted by molar-refractivity contribution is 6.33. The maximum atomic E-state index is 12.0. The van der Waals surface area contributed by atoms with E-state index < -0.39 is 23.4 Å². The first-order chi connectivity index (χ1) is 11.7. The van der Waals surface area contributed by atoms with Gasteiger partial charge in [-0.1, -0.05) is 38.3 Å². The van der Waals surface area contributed by atoms with Crippen molar-refractivity contribution in [3.63, 3.8) is 0 Å². The number of nitrogens with one attached hydrogen (secondary N) is 1. The molecular weight excluding hydrogens is 348 g/mol. The highest BCUT2D eigenvalue weighted by Gasteiger charge is 2.18. The lowest BCUT2D eigenvalue weighted by Gasteiger charge is -2.14. The monoisotopic (exact) mass is 370 g/mol. The number of hydrogen-bond donors (Lipinski definition) is 1. The summed E-state index contributed by atoms with van der Waals surface area (Å²) in [6, 6.07) is 3.43. The Morgan fingerprint density at radius 3 is 2.56 bits per heavy atom. The molecule has 0 spiro atoms. The smallest absolute Gasteiger partial charge is 0.340 e.